The van der Waals surface area contributed by atoms with Gasteiger partial charge < -0.3 is 19.7 Å². The van der Waals surface area contributed by atoms with E-state index in [1.165, 1.54) is 33.3 Å². The van der Waals surface area contributed by atoms with Crippen molar-refractivity contribution < 1.29 is 32.2 Å². The average molecular weight is 436 g/mol. The third-order valence-electron chi connectivity index (χ3n) is 4.33. The van der Waals surface area contributed by atoms with Crippen LogP contribution in [0.25, 0.3) is 6.08 Å². The number of anilines is 1. The molecule has 0 bridgehead atoms. The molecule has 0 atom stereocenters. The molecule has 166 valence electrons. The molecule has 9 heteroatoms. The maximum atomic E-state index is 12.7. The molecule has 2 aromatic carbocycles. The number of hydrogen-bond donors (Lipinski definition) is 1. The molecule has 0 saturated heterocycles. The van der Waals surface area contributed by atoms with E-state index in [4.69, 9.17) is 9.47 Å². The van der Waals surface area contributed by atoms with Gasteiger partial charge in [-0.1, -0.05) is 12.1 Å². The molecule has 31 heavy (non-hydrogen) atoms. The first-order valence-corrected chi connectivity index (χ1v) is 9.34. The molecule has 0 radical (unpaired) electrons. The largest absolute Gasteiger partial charge is 0.497 e. The highest BCUT2D eigenvalue weighted by molar-refractivity contribution is 6.02. The van der Waals surface area contributed by atoms with E-state index in [-0.39, 0.29) is 13.1 Å². The van der Waals surface area contributed by atoms with Gasteiger partial charge in [-0.25, -0.2) is 0 Å². The van der Waals surface area contributed by atoms with Crippen molar-refractivity contribution in [2.75, 3.05) is 26.1 Å². The van der Waals surface area contributed by atoms with Crippen molar-refractivity contribution in [3.63, 3.8) is 0 Å². The number of benzene rings is 2. The van der Waals surface area contributed by atoms with Crippen molar-refractivity contribution in [1.82, 2.24) is 4.90 Å². The molecule has 0 aliphatic rings. The average Bonchev–Trinajstić information content (AvgIpc) is 2.74. The number of carbonyl (C=O) groups is 2. The molecule has 2 rings (SSSR count). The van der Waals surface area contributed by atoms with Crippen molar-refractivity contribution in [2.45, 2.75) is 19.6 Å². The second-order valence-electron chi connectivity index (χ2n) is 6.45. The SMILES string of the molecule is CCN(Cc1cccc(NC(=O)/C=C/c2cc(OC)ccc2OC)c1)C(=O)C(F)(F)F. The molecule has 0 spiro atoms. The minimum atomic E-state index is -4.94. The van der Waals surface area contributed by atoms with Gasteiger partial charge in [0.15, 0.2) is 0 Å². The fraction of sp³-hybridized carbons (Fsp3) is 0.273. The van der Waals surface area contributed by atoms with E-state index in [1.54, 1.807) is 42.5 Å². The highest BCUT2D eigenvalue weighted by atomic mass is 19.4. The molecule has 0 aliphatic heterocycles. The first kappa shape index (κ1) is 23.8. The Balaban J connectivity index is 2.10. The number of hydrogen-bond acceptors (Lipinski definition) is 4. The van der Waals surface area contributed by atoms with E-state index in [1.807, 2.05) is 0 Å². The Morgan fingerprint density at radius 3 is 2.45 bits per heavy atom. The lowest BCUT2D eigenvalue weighted by molar-refractivity contribution is -0.185. The van der Waals surface area contributed by atoms with Gasteiger partial charge in [0.05, 0.1) is 14.2 Å². The Kier molecular flexibility index (Phi) is 8.07. The fourth-order valence-electron chi connectivity index (χ4n) is 2.79. The van der Waals surface area contributed by atoms with Crippen LogP contribution < -0.4 is 14.8 Å². The van der Waals surface area contributed by atoms with Crippen LogP contribution in [0.15, 0.2) is 48.5 Å². The lowest BCUT2D eigenvalue weighted by Gasteiger charge is -2.22. The first-order valence-electron chi connectivity index (χ1n) is 9.34. The van der Waals surface area contributed by atoms with Gasteiger partial charge in [0, 0.05) is 30.4 Å². The molecule has 0 fully saturated rings. The number of alkyl halides is 3. The Morgan fingerprint density at radius 2 is 1.84 bits per heavy atom. The van der Waals surface area contributed by atoms with E-state index in [2.05, 4.69) is 5.32 Å². The molecule has 2 aromatic rings. The van der Waals surface area contributed by atoms with Crippen LogP contribution in [0.2, 0.25) is 0 Å². The van der Waals surface area contributed by atoms with E-state index < -0.39 is 18.0 Å². The van der Waals surface area contributed by atoms with Gasteiger partial charge in [0.1, 0.15) is 11.5 Å². The number of nitrogens with one attached hydrogen (secondary N) is 1. The number of ether oxygens (including phenoxy) is 2. The van der Waals surface area contributed by atoms with Crippen molar-refractivity contribution in [2.24, 2.45) is 0 Å². The van der Waals surface area contributed by atoms with Crippen LogP contribution in [-0.2, 0) is 16.1 Å². The highest BCUT2D eigenvalue weighted by Crippen LogP contribution is 2.25. The van der Waals surface area contributed by atoms with Crippen molar-refractivity contribution in [3.8, 4) is 11.5 Å². The predicted molar refractivity (Wildman–Crippen MR) is 111 cm³/mol. The van der Waals surface area contributed by atoms with Crippen LogP contribution in [0, 0.1) is 0 Å². The maximum Gasteiger partial charge on any atom is 0.471 e. The lowest BCUT2D eigenvalue weighted by Crippen LogP contribution is -2.40. The van der Waals surface area contributed by atoms with Gasteiger partial charge in [0.25, 0.3) is 0 Å². The summed E-state index contributed by atoms with van der Waals surface area (Å²) in [5.41, 5.74) is 1.48. The zero-order valence-electron chi connectivity index (χ0n) is 17.3. The quantitative estimate of drug-likeness (QED) is 0.628. The summed E-state index contributed by atoms with van der Waals surface area (Å²) in [6.07, 6.45) is -2.08. The molecule has 6 nitrogen and oxygen atoms in total. The highest BCUT2D eigenvalue weighted by Gasteiger charge is 2.41. The van der Waals surface area contributed by atoms with Crippen LogP contribution in [0.4, 0.5) is 18.9 Å². The number of rotatable bonds is 8. The summed E-state index contributed by atoms with van der Waals surface area (Å²) >= 11 is 0. The third kappa shape index (κ3) is 6.77. The van der Waals surface area contributed by atoms with Crippen LogP contribution in [0.1, 0.15) is 18.1 Å². The van der Waals surface area contributed by atoms with Gasteiger partial charge >= 0.3 is 12.1 Å². The minimum absolute atomic E-state index is 0.0972. The molecule has 0 saturated carbocycles. The van der Waals surface area contributed by atoms with E-state index in [0.29, 0.717) is 33.2 Å². The summed E-state index contributed by atoms with van der Waals surface area (Å²) < 4.78 is 48.5. The predicted octanol–water partition coefficient (Wildman–Crippen LogP) is 4.27. The summed E-state index contributed by atoms with van der Waals surface area (Å²) in [6, 6.07) is 11.4. The van der Waals surface area contributed by atoms with Crippen LogP contribution >= 0.6 is 0 Å². The minimum Gasteiger partial charge on any atom is -0.497 e. The van der Waals surface area contributed by atoms with Gasteiger partial charge in [-0.2, -0.15) is 13.2 Å². The lowest BCUT2D eigenvalue weighted by atomic mass is 10.1. The Hall–Kier alpha value is -3.49. The molecule has 2 amide bonds. The number of carbonyl (C=O) groups excluding carboxylic acids is 2. The zero-order chi connectivity index (χ0) is 23.0. The topological polar surface area (TPSA) is 67.9 Å². The summed E-state index contributed by atoms with van der Waals surface area (Å²) in [4.78, 5) is 24.5. The van der Waals surface area contributed by atoms with E-state index >= 15 is 0 Å². The van der Waals surface area contributed by atoms with E-state index in [0.717, 1.165) is 0 Å². The summed E-state index contributed by atoms with van der Waals surface area (Å²) in [7, 11) is 3.03. The molecule has 0 heterocycles. The van der Waals surface area contributed by atoms with Crippen molar-refractivity contribution in [3.05, 3.63) is 59.7 Å². The molecule has 1 N–H and O–H groups in total. The van der Waals surface area contributed by atoms with Gasteiger partial charge in [-0.05, 0) is 48.9 Å². The van der Waals surface area contributed by atoms with E-state index in [9.17, 15) is 22.8 Å². The number of halogens is 3. The smallest absolute Gasteiger partial charge is 0.471 e. The maximum absolute atomic E-state index is 12.7. The monoisotopic (exact) mass is 436 g/mol. The molecular formula is C22H23F3N2O4. The van der Waals surface area contributed by atoms with Crippen molar-refractivity contribution in [1.29, 1.82) is 0 Å². The summed E-state index contributed by atoms with van der Waals surface area (Å²) in [5.74, 6) is -1.19. The second-order valence-corrected chi connectivity index (χ2v) is 6.45. The molecule has 0 unspecified atom stereocenters. The molecule has 0 aliphatic carbocycles. The van der Waals surface area contributed by atoms with Gasteiger partial charge in [0.2, 0.25) is 5.91 Å². The standard InChI is InChI=1S/C22H23F3N2O4/c1-4-27(21(29)22(23,24)25)14-15-6-5-7-17(12-15)26-20(28)11-8-16-13-18(30-2)9-10-19(16)31-3/h5-13H,4,14H2,1-3H3,(H,26,28)/b11-8+. The fourth-order valence-corrected chi connectivity index (χ4v) is 2.79. The second kappa shape index (κ2) is 10.5. The van der Waals surface area contributed by atoms with Gasteiger partial charge in [-0.15, -0.1) is 0 Å². The van der Waals surface area contributed by atoms with Crippen LogP contribution in [0.5, 0.6) is 11.5 Å². The first-order chi connectivity index (χ1) is 14.7. The molecular weight excluding hydrogens is 413 g/mol. The van der Waals surface area contributed by atoms with Crippen molar-refractivity contribution >= 4 is 23.6 Å². The number of nitrogens with zero attached hydrogens (tertiary/aromatic N) is 1. The Morgan fingerprint density at radius 1 is 1.10 bits per heavy atom. The van der Waals surface area contributed by atoms with Crippen LogP contribution in [0.3, 0.4) is 0 Å². The summed E-state index contributed by atoms with van der Waals surface area (Å²) in [5, 5.41) is 2.65. The number of methoxy groups -OCH3 is 2. The number of amides is 2. The van der Waals surface area contributed by atoms with Crippen LogP contribution in [-0.4, -0.2) is 43.7 Å². The molecule has 0 aromatic heterocycles. The Bertz CT molecular complexity index is 958. The third-order valence-corrected chi connectivity index (χ3v) is 4.33. The summed E-state index contributed by atoms with van der Waals surface area (Å²) in [6.45, 7) is 1.14. The zero-order valence-corrected chi connectivity index (χ0v) is 17.3. The van der Waals surface area contributed by atoms with Gasteiger partial charge in [-0.3, -0.25) is 9.59 Å². The Labute approximate surface area is 178 Å². The normalized spacial score (nSPS) is 11.3.